The largest absolute Gasteiger partial charge is 0.488 e. The van der Waals surface area contributed by atoms with Crippen molar-refractivity contribution >= 4 is 18.0 Å². The summed E-state index contributed by atoms with van der Waals surface area (Å²) < 4.78 is 6.03. The summed E-state index contributed by atoms with van der Waals surface area (Å²) >= 11 is 0. The number of hydrogen-bond acceptors (Lipinski definition) is 3. The first-order valence-corrected chi connectivity index (χ1v) is 8.99. The number of carbonyl (C=O) groups is 2. The predicted molar refractivity (Wildman–Crippen MR) is 105 cm³/mol. The number of rotatable bonds is 8. The van der Waals surface area contributed by atoms with Crippen LogP contribution in [-0.4, -0.2) is 17.0 Å². The van der Waals surface area contributed by atoms with Crippen LogP contribution in [0.25, 0.3) is 6.08 Å². The maximum absolute atomic E-state index is 11.5. The maximum atomic E-state index is 11.5. The number of nitrogens with one attached hydrogen (secondary N) is 1. The van der Waals surface area contributed by atoms with Crippen molar-refractivity contribution in [3.05, 3.63) is 70.4 Å². The SMILES string of the molecule is CCC(=O)NC(=Cc1cc(C)c(OCc2ccccc2)c(CC)c1)C(=O)O. The minimum Gasteiger partial charge on any atom is -0.488 e. The van der Waals surface area contributed by atoms with Crippen LogP contribution in [0.5, 0.6) is 5.75 Å². The molecule has 2 aromatic carbocycles. The van der Waals surface area contributed by atoms with Crippen molar-refractivity contribution in [1.82, 2.24) is 5.32 Å². The fourth-order valence-corrected chi connectivity index (χ4v) is 2.72. The lowest BCUT2D eigenvalue weighted by Crippen LogP contribution is -2.26. The molecule has 0 aliphatic carbocycles. The lowest BCUT2D eigenvalue weighted by Gasteiger charge is -2.15. The summed E-state index contributed by atoms with van der Waals surface area (Å²) in [7, 11) is 0. The van der Waals surface area contributed by atoms with E-state index in [-0.39, 0.29) is 18.0 Å². The Labute approximate surface area is 159 Å². The predicted octanol–water partition coefficient (Wildman–Crippen LogP) is 4.09. The van der Waals surface area contributed by atoms with Crippen molar-refractivity contribution in [3.8, 4) is 5.75 Å². The highest BCUT2D eigenvalue weighted by atomic mass is 16.5. The second-order valence-electron chi connectivity index (χ2n) is 6.22. The quantitative estimate of drug-likeness (QED) is 0.689. The standard InChI is InChI=1S/C22H25NO4/c1-4-18-12-17(13-19(22(25)26)23-20(24)5-2)11-15(3)21(18)27-14-16-9-7-6-8-10-16/h6-13H,4-5,14H2,1-3H3,(H,23,24)(H,25,26). The molecule has 0 saturated heterocycles. The topological polar surface area (TPSA) is 75.6 Å². The number of amides is 1. The number of carbonyl (C=O) groups excluding carboxylic acids is 1. The molecule has 0 bridgehead atoms. The van der Waals surface area contributed by atoms with E-state index in [0.717, 1.165) is 28.9 Å². The Morgan fingerprint density at radius 1 is 1.15 bits per heavy atom. The van der Waals surface area contributed by atoms with E-state index in [1.807, 2.05) is 56.3 Å². The van der Waals surface area contributed by atoms with Crippen LogP contribution in [0.1, 0.15) is 42.5 Å². The zero-order valence-electron chi connectivity index (χ0n) is 15.9. The summed E-state index contributed by atoms with van der Waals surface area (Å²) in [5.41, 5.74) is 3.57. The van der Waals surface area contributed by atoms with Crippen LogP contribution in [0.15, 0.2) is 48.2 Å². The number of hydrogen-bond donors (Lipinski definition) is 2. The highest BCUT2D eigenvalue weighted by molar-refractivity contribution is 5.96. The van der Waals surface area contributed by atoms with Crippen molar-refractivity contribution in [2.75, 3.05) is 0 Å². The molecular formula is C22H25NO4. The Hall–Kier alpha value is -3.08. The molecule has 0 aromatic heterocycles. The van der Waals surface area contributed by atoms with Crippen molar-refractivity contribution in [2.45, 2.75) is 40.2 Å². The van der Waals surface area contributed by atoms with E-state index < -0.39 is 5.97 Å². The highest BCUT2D eigenvalue weighted by Gasteiger charge is 2.13. The van der Waals surface area contributed by atoms with E-state index >= 15 is 0 Å². The lowest BCUT2D eigenvalue weighted by atomic mass is 10.0. The molecule has 1 amide bonds. The average Bonchev–Trinajstić information content (AvgIpc) is 2.66. The van der Waals surface area contributed by atoms with E-state index in [2.05, 4.69) is 5.32 Å². The molecule has 0 saturated carbocycles. The molecule has 0 unspecified atom stereocenters. The second-order valence-corrected chi connectivity index (χ2v) is 6.22. The summed E-state index contributed by atoms with van der Waals surface area (Å²) in [6.45, 7) is 6.10. The van der Waals surface area contributed by atoms with Crippen LogP contribution in [0, 0.1) is 6.92 Å². The van der Waals surface area contributed by atoms with Crippen LogP contribution >= 0.6 is 0 Å². The number of carboxylic acid groups (broad SMARTS) is 1. The molecule has 0 aliphatic rings. The van der Waals surface area contributed by atoms with Crippen molar-refractivity contribution in [3.63, 3.8) is 0 Å². The third-order valence-electron chi connectivity index (χ3n) is 4.12. The van der Waals surface area contributed by atoms with Crippen molar-refractivity contribution in [2.24, 2.45) is 0 Å². The third kappa shape index (κ3) is 5.71. The van der Waals surface area contributed by atoms with Gasteiger partial charge in [0.15, 0.2) is 0 Å². The van der Waals surface area contributed by atoms with Gasteiger partial charge in [-0.25, -0.2) is 4.79 Å². The van der Waals surface area contributed by atoms with Gasteiger partial charge in [-0.2, -0.15) is 0 Å². The molecular weight excluding hydrogens is 342 g/mol. The van der Waals surface area contributed by atoms with Gasteiger partial charge < -0.3 is 15.2 Å². The first-order valence-electron chi connectivity index (χ1n) is 8.99. The molecule has 0 aliphatic heterocycles. The van der Waals surface area contributed by atoms with Crippen molar-refractivity contribution in [1.29, 1.82) is 0 Å². The molecule has 0 heterocycles. The Morgan fingerprint density at radius 2 is 1.85 bits per heavy atom. The summed E-state index contributed by atoms with van der Waals surface area (Å²) in [5, 5.41) is 11.8. The average molecular weight is 367 g/mol. The molecule has 0 fully saturated rings. The zero-order valence-corrected chi connectivity index (χ0v) is 15.9. The molecule has 5 heteroatoms. The highest BCUT2D eigenvalue weighted by Crippen LogP contribution is 2.28. The number of aryl methyl sites for hydroxylation is 2. The first kappa shape index (κ1) is 20.2. The van der Waals surface area contributed by atoms with Gasteiger partial charge in [0.2, 0.25) is 5.91 Å². The van der Waals surface area contributed by atoms with Gasteiger partial charge in [-0.1, -0.05) is 44.2 Å². The van der Waals surface area contributed by atoms with Gasteiger partial charge in [-0.15, -0.1) is 0 Å². The lowest BCUT2D eigenvalue weighted by molar-refractivity contribution is -0.134. The molecule has 27 heavy (non-hydrogen) atoms. The smallest absolute Gasteiger partial charge is 0.352 e. The normalized spacial score (nSPS) is 11.1. The Morgan fingerprint density at radius 3 is 2.44 bits per heavy atom. The van der Waals surface area contributed by atoms with E-state index in [4.69, 9.17) is 4.74 Å². The number of ether oxygens (including phenoxy) is 1. The Bertz CT molecular complexity index is 841. The second kappa shape index (κ2) is 9.57. The zero-order chi connectivity index (χ0) is 19.8. The van der Waals surface area contributed by atoms with Crippen LogP contribution in [0.2, 0.25) is 0 Å². The minimum atomic E-state index is -1.17. The van der Waals surface area contributed by atoms with Gasteiger partial charge in [0.1, 0.15) is 18.1 Å². The summed E-state index contributed by atoms with van der Waals surface area (Å²) in [4.78, 5) is 23.0. The van der Waals surface area contributed by atoms with Gasteiger partial charge in [-0.3, -0.25) is 4.79 Å². The molecule has 0 atom stereocenters. The fourth-order valence-electron chi connectivity index (χ4n) is 2.72. The van der Waals surface area contributed by atoms with Crippen molar-refractivity contribution < 1.29 is 19.4 Å². The summed E-state index contributed by atoms with van der Waals surface area (Å²) in [6, 6.07) is 13.7. The molecule has 2 aromatic rings. The molecule has 0 radical (unpaired) electrons. The molecule has 2 N–H and O–H groups in total. The van der Waals surface area contributed by atoms with E-state index in [9.17, 15) is 14.7 Å². The van der Waals surface area contributed by atoms with Gasteiger partial charge >= 0.3 is 5.97 Å². The van der Waals surface area contributed by atoms with Crippen LogP contribution in [0.4, 0.5) is 0 Å². The van der Waals surface area contributed by atoms with Crippen LogP contribution in [-0.2, 0) is 22.6 Å². The van der Waals surface area contributed by atoms with Gasteiger partial charge in [-0.05, 0) is 53.8 Å². The van der Waals surface area contributed by atoms with Gasteiger partial charge in [0.25, 0.3) is 0 Å². The third-order valence-corrected chi connectivity index (χ3v) is 4.12. The molecule has 5 nitrogen and oxygen atoms in total. The Balaban J connectivity index is 2.29. The number of benzene rings is 2. The van der Waals surface area contributed by atoms with Crippen LogP contribution < -0.4 is 10.1 Å². The summed E-state index contributed by atoms with van der Waals surface area (Å²) in [6.07, 6.45) is 2.44. The first-order chi connectivity index (χ1) is 12.9. The van der Waals surface area contributed by atoms with Gasteiger partial charge in [0.05, 0.1) is 0 Å². The number of carboxylic acids is 1. The molecule has 0 spiro atoms. The van der Waals surface area contributed by atoms with Crippen LogP contribution in [0.3, 0.4) is 0 Å². The van der Waals surface area contributed by atoms with Gasteiger partial charge in [0, 0.05) is 6.42 Å². The molecule has 142 valence electrons. The summed E-state index contributed by atoms with van der Waals surface area (Å²) in [5.74, 6) is -0.691. The van der Waals surface area contributed by atoms with E-state index in [1.165, 1.54) is 6.08 Å². The number of aliphatic carboxylic acids is 1. The maximum Gasteiger partial charge on any atom is 0.352 e. The Kier molecular flexibility index (Phi) is 7.17. The molecule has 2 rings (SSSR count). The fraction of sp³-hybridized carbons (Fsp3) is 0.273. The van der Waals surface area contributed by atoms with E-state index in [1.54, 1.807) is 6.92 Å². The minimum absolute atomic E-state index is 0.138. The van der Waals surface area contributed by atoms with E-state index in [0.29, 0.717) is 12.2 Å². The monoisotopic (exact) mass is 367 g/mol.